The fourth-order valence-electron chi connectivity index (χ4n) is 6.66. The first-order valence-electron chi connectivity index (χ1n) is 16.7. The molecule has 1 saturated carbocycles. The molecule has 49 heavy (non-hydrogen) atoms. The molecule has 12 heteroatoms. The maximum absolute atomic E-state index is 14.5. The van der Waals surface area contributed by atoms with E-state index in [1.807, 2.05) is 72.8 Å². The van der Waals surface area contributed by atoms with E-state index >= 15 is 0 Å². The predicted octanol–water partition coefficient (Wildman–Crippen LogP) is 6.39. The van der Waals surface area contributed by atoms with Crippen LogP contribution in [0.1, 0.15) is 44.9 Å². The minimum atomic E-state index is -1.20. The Bertz CT molecular complexity index is 1840. The molecule has 254 valence electrons. The van der Waals surface area contributed by atoms with Crippen LogP contribution in [0, 0.1) is 5.92 Å². The second kappa shape index (κ2) is 14.6. The Morgan fingerprint density at radius 2 is 1.82 bits per heavy atom. The van der Waals surface area contributed by atoms with E-state index in [1.54, 1.807) is 17.0 Å². The molecule has 2 aliphatic heterocycles. The number of hydrogen-bond acceptors (Lipinski definition) is 8. The van der Waals surface area contributed by atoms with E-state index in [-0.39, 0.29) is 24.8 Å². The number of para-hydroxylation sites is 2. The number of carbonyl (C=O) groups is 3. The Labute approximate surface area is 297 Å². The molecule has 3 N–H and O–H groups in total. The first-order valence-corrected chi connectivity index (χ1v) is 18.3. The highest BCUT2D eigenvalue weighted by Gasteiger charge is 2.61. The zero-order valence-corrected chi connectivity index (χ0v) is 29.3. The van der Waals surface area contributed by atoms with E-state index in [0.717, 1.165) is 46.1 Å². The van der Waals surface area contributed by atoms with Crippen molar-refractivity contribution in [3.05, 3.63) is 95.5 Å². The lowest BCUT2D eigenvalue weighted by Crippen LogP contribution is -2.57. The number of fused-ring (bicyclic) bond motifs is 3. The van der Waals surface area contributed by atoms with Crippen molar-refractivity contribution in [2.75, 3.05) is 11.9 Å². The van der Waals surface area contributed by atoms with Crippen molar-refractivity contribution >= 4 is 60.9 Å². The van der Waals surface area contributed by atoms with Crippen molar-refractivity contribution in [2.24, 2.45) is 5.92 Å². The Kier molecular flexibility index (Phi) is 9.86. The second-order valence-corrected chi connectivity index (χ2v) is 14.7. The first kappa shape index (κ1) is 33.1. The zero-order valence-electron chi connectivity index (χ0n) is 26.8. The lowest BCUT2D eigenvalue weighted by atomic mass is 10.0. The van der Waals surface area contributed by atoms with E-state index < -0.39 is 35.5 Å². The highest BCUT2D eigenvalue weighted by atomic mass is 79.9. The molecule has 3 heterocycles. The number of ether oxygens (including phenoxy) is 1. The number of amides is 3. The van der Waals surface area contributed by atoms with Crippen LogP contribution >= 0.6 is 27.3 Å². The Hall–Kier alpha value is -4.42. The first-order chi connectivity index (χ1) is 23.9. The highest BCUT2D eigenvalue weighted by molar-refractivity contribution is 9.10. The van der Waals surface area contributed by atoms with Crippen LogP contribution in [0.25, 0.3) is 10.2 Å². The monoisotopic (exact) mass is 743 g/mol. The lowest BCUT2D eigenvalue weighted by Gasteiger charge is -2.30. The van der Waals surface area contributed by atoms with Crippen molar-refractivity contribution < 1.29 is 24.0 Å². The zero-order chi connectivity index (χ0) is 33.8. The number of aromatic nitrogens is 1. The summed E-state index contributed by atoms with van der Waals surface area (Å²) in [6, 6.07) is 23.1. The van der Waals surface area contributed by atoms with Gasteiger partial charge in [-0.1, -0.05) is 88.7 Å². The van der Waals surface area contributed by atoms with Crippen molar-refractivity contribution in [3.8, 4) is 10.9 Å². The van der Waals surface area contributed by atoms with Gasteiger partial charge in [0.05, 0.1) is 16.8 Å². The summed E-state index contributed by atoms with van der Waals surface area (Å²) in [5.74, 6) is -0.721. The molecule has 7 rings (SSSR count). The van der Waals surface area contributed by atoms with Crippen LogP contribution in [0.15, 0.2) is 95.5 Å². The molecule has 5 atom stereocenters. The summed E-state index contributed by atoms with van der Waals surface area (Å²) < 4.78 is 8.29. The van der Waals surface area contributed by atoms with Gasteiger partial charge in [-0.15, -0.1) is 0 Å². The molecule has 0 spiro atoms. The molecule has 4 aromatic rings. The summed E-state index contributed by atoms with van der Waals surface area (Å²) in [6.07, 6.45) is 8.56. The molecule has 2 fully saturated rings. The van der Waals surface area contributed by atoms with Gasteiger partial charge in [-0.2, -0.15) is 5.48 Å². The third kappa shape index (κ3) is 7.60. The summed E-state index contributed by atoms with van der Waals surface area (Å²) in [6.45, 7) is 0.211. The van der Waals surface area contributed by atoms with Crippen molar-refractivity contribution in [3.63, 3.8) is 0 Å². The summed E-state index contributed by atoms with van der Waals surface area (Å²) in [7, 11) is 0. The van der Waals surface area contributed by atoms with Crippen LogP contribution in [0.5, 0.6) is 10.9 Å². The molecule has 3 aliphatic rings. The highest BCUT2D eigenvalue weighted by Crippen LogP contribution is 2.45. The van der Waals surface area contributed by atoms with Gasteiger partial charge in [0.15, 0.2) is 5.75 Å². The molecule has 1 saturated heterocycles. The van der Waals surface area contributed by atoms with Crippen molar-refractivity contribution in [1.82, 2.24) is 20.7 Å². The number of carbonyl (C=O) groups excluding carboxylic acids is 3. The minimum absolute atomic E-state index is 0.172. The summed E-state index contributed by atoms with van der Waals surface area (Å²) >= 11 is 4.94. The van der Waals surface area contributed by atoms with Crippen LogP contribution in [-0.4, -0.2) is 57.9 Å². The number of anilines is 1. The number of benzene rings is 3. The van der Waals surface area contributed by atoms with Gasteiger partial charge in [0, 0.05) is 22.5 Å². The molecule has 0 radical (unpaired) electrons. The number of hydrogen-bond donors (Lipinski definition) is 3. The quantitative estimate of drug-likeness (QED) is 0.148. The van der Waals surface area contributed by atoms with Gasteiger partial charge in [-0.25, -0.2) is 4.98 Å². The fourth-order valence-corrected chi connectivity index (χ4v) is 8.09. The largest absolute Gasteiger partial charge is 0.465 e. The van der Waals surface area contributed by atoms with E-state index in [0.29, 0.717) is 23.8 Å². The molecular weight excluding hydrogens is 706 g/mol. The van der Waals surface area contributed by atoms with Gasteiger partial charge in [0.1, 0.15) is 23.7 Å². The van der Waals surface area contributed by atoms with Crippen LogP contribution in [0.3, 0.4) is 0 Å². The number of nitrogens with one attached hydrogen (secondary N) is 3. The third-order valence-corrected chi connectivity index (χ3v) is 10.8. The summed E-state index contributed by atoms with van der Waals surface area (Å²) in [5.41, 5.74) is 3.02. The third-order valence-electron chi connectivity index (χ3n) is 9.36. The minimum Gasteiger partial charge on any atom is -0.465 e. The molecule has 1 aromatic heterocycles. The second-order valence-electron chi connectivity index (χ2n) is 12.8. The smallest absolute Gasteiger partial charge is 0.278 e. The molecular formula is C37H38BrN5O5S. The van der Waals surface area contributed by atoms with E-state index in [4.69, 9.17) is 9.57 Å². The van der Waals surface area contributed by atoms with Crippen LogP contribution in [-0.2, 0) is 14.4 Å². The fraction of sp³-hybridized carbons (Fsp3) is 0.351. The molecule has 3 aromatic carbocycles. The SMILES string of the molecule is O=C1N[C@]2(C(=O)NOc3ccccc3)C[C@H]2C=CCCCCC[C@H](Nc2ccccc2)C(=O)N2C[C@H](Oc3nc4ccc(Br)cc4s3)C[C@@H]12. The van der Waals surface area contributed by atoms with Gasteiger partial charge in [-0.3, -0.25) is 14.4 Å². The summed E-state index contributed by atoms with van der Waals surface area (Å²) in [5, 5.41) is 6.99. The standard InChI is InChI=1S/C37H38BrN5O5S/c38-25-18-19-29-32(20-25)49-36(40-29)47-28-21-31-33(44)41-37(35(46)42-48-27-15-9-5-10-16-27)22-24(37)12-6-2-1-3-11-17-30(34(45)43(31)23-28)39-26-13-7-4-8-14-26/h4-10,12-16,18-20,24,28,30-31,39H,1-3,11,17,21-23H2,(H,41,44)(H,42,46)/t24-,28-,30+,31+,37-/m1/s1. The Morgan fingerprint density at radius 1 is 1.02 bits per heavy atom. The number of thiazole rings is 1. The Balaban J connectivity index is 1.16. The van der Waals surface area contributed by atoms with Crippen LogP contribution in [0.4, 0.5) is 5.69 Å². The number of nitrogens with zero attached hydrogens (tertiary/aromatic N) is 2. The number of allylic oxidation sites excluding steroid dienone is 1. The number of hydroxylamine groups is 1. The molecule has 1 aliphatic carbocycles. The molecule has 3 amide bonds. The number of halogens is 1. The molecule has 0 bridgehead atoms. The Morgan fingerprint density at radius 3 is 2.63 bits per heavy atom. The van der Waals surface area contributed by atoms with Gasteiger partial charge in [-0.05, 0) is 68.1 Å². The average molecular weight is 745 g/mol. The number of rotatable bonds is 7. The van der Waals surface area contributed by atoms with E-state index in [2.05, 4.69) is 43.1 Å². The maximum Gasteiger partial charge on any atom is 0.278 e. The van der Waals surface area contributed by atoms with Gasteiger partial charge >= 0.3 is 0 Å². The lowest BCUT2D eigenvalue weighted by molar-refractivity contribution is -0.141. The topological polar surface area (TPSA) is 122 Å². The molecule has 0 unspecified atom stereocenters. The van der Waals surface area contributed by atoms with Crippen molar-refractivity contribution in [2.45, 2.75) is 68.7 Å². The van der Waals surface area contributed by atoms with Crippen LogP contribution in [0.2, 0.25) is 0 Å². The molecule has 10 nitrogen and oxygen atoms in total. The van der Waals surface area contributed by atoms with E-state index in [9.17, 15) is 14.4 Å². The van der Waals surface area contributed by atoms with Crippen molar-refractivity contribution in [1.29, 1.82) is 0 Å². The van der Waals surface area contributed by atoms with Gasteiger partial charge in [0.2, 0.25) is 11.8 Å². The van der Waals surface area contributed by atoms with E-state index in [1.165, 1.54) is 11.3 Å². The predicted molar refractivity (Wildman–Crippen MR) is 192 cm³/mol. The van der Waals surface area contributed by atoms with Gasteiger partial charge < -0.3 is 25.1 Å². The maximum atomic E-state index is 14.5. The normalized spacial score (nSPS) is 25.7. The van der Waals surface area contributed by atoms with Crippen LogP contribution < -0.4 is 25.7 Å². The summed E-state index contributed by atoms with van der Waals surface area (Å²) in [4.78, 5) is 54.3. The van der Waals surface area contributed by atoms with Gasteiger partial charge in [0.25, 0.3) is 11.1 Å². The average Bonchev–Trinajstić information content (AvgIpc) is 3.41.